The Bertz CT molecular complexity index is 1160. The summed E-state index contributed by atoms with van der Waals surface area (Å²) in [6, 6.07) is 5.82. The first-order valence-corrected chi connectivity index (χ1v) is 7.79. The Morgan fingerprint density at radius 3 is 2.72 bits per heavy atom. The standard InChI is InChI=1S/C17H14FN5O2/c1-21-8-11(7-20-21)9-22-15(24)13-3-2-12(18)6-14(13)23(16(22)25)17(10-19)4-5-17/h2-3,6-8H,4-5,9H2,1H3. The van der Waals surface area contributed by atoms with Gasteiger partial charge in [-0.3, -0.25) is 18.6 Å². The topological polar surface area (TPSA) is 85.6 Å². The first-order chi connectivity index (χ1) is 11.9. The molecule has 1 aromatic carbocycles. The lowest BCUT2D eigenvalue weighted by Gasteiger charge is -2.17. The van der Waals surface area contributed by atoms with Crippen LogP contribution in [0.25, 0.3) is 10.9 Å². The summed E-state index contributed by atoms with van der Waals surface area (Å²) in [5.41, 5.74) is -1.26. The summed E-state index contributed by atoms with van der Waals surface area (Å²) in [4.78, 5) is 25.8. The maximum atomic E-state index is 13.7. The van der Waals surface area contributed by atoms with Gasteiger partial charge in [0.25, 0.3) is 5.56 Å². The predicted molar refractivity (Wildman–Crippen MR) is 87.6 cm³/mol. The van der Waals surface area contributed by atoms with E-state index in [-0.39, 0.29) is 17.4 Å². The molecule has 4 rings (SSSR count). The molecule has 1 aliphatic carbocycles. The third-order valence-electron chi connectivity index (χ3n) is 4.56. The minimum Gasteiger partial charge on any atom is -0.275 e. The van der Waals surface area contributed by atoms with E-state index in [1.807, 2.05) is 0 Å². The summed E-state index contributed by atoms with van der Waals surface area (Å²) in [7, 11) is 1.74. The van der Waals surface area contributed by atoms with Crippen molar-refractivity contribution in [2.24, 2.45) is 7.05 Å². The Morgan fingerprint density at radius 1 is 1.36 bits per heavy atom. The van der Waals surface area contributed by atoms with Gasteiger partial charge in [-0.05, 0) is 31.0 Å². The molecule has 0 saturated heterocycles. The van der Waals surface area contributed by atoms with Crippen molar-refractivity contribution in [2.45, 2.75) is 24.9 Å². The lowest BCUT2D eigenvalue weighted by molar-refractivity contribution is 0.544. The summed E-state index contributed by atoms with van der Waals surface area (Å²) in [6.07, 6.45) is 4.28. The first-order valence-electron chi connectivity index (χ1n) is 7.79. The van der Waals surface area contributed by atoms with Crippen LogP contribution >= 0.6 is 0 Å². The number of hydrogen-bond acceptors (Lipinski definition) is 4. The average molecular weight is 339 g/mol. The highest BCUT2D eigenvalue weighted by atomic mass is 19.1. The van der Waals surface area contributed by atoms with Crippen LogP contribution in [0.1, 0.15) is 18.4 Å². The van der Waals surface area contributed by atoms with E-state index in [2.05, 4.69) is 11.2 Å². The van der Waals surface area contributed by atoms with E-state index in [4.69, 9.17) is 0 Å². The van der Waals surface area contributed by atoms with Gasteiger partial charge in [-0.2, -0.15) is 10.4 Å². The summed E-state index contributed by atoms with van der Waals surface area (Å²) >= 11 is 0. The Balaban J connectivity index is 2.05. The second-order valence-corrected chi connectivity index (χ2v) is 6.34. The van der Waals surface area contributed by atoms with Gasteiger partial charge in [0.15, 0.2) is 0 Å². The largest absolute Gasteiger partial charge is 0.333 e. The molecule has 25 heavy (non-hydrogen) atoms. The number of aryl methyl sites for hydroxylation is 1. The Morgan fingerprint density at radius 2 is 2.12 bits per heavy atom. The van der Waals surface area contributed by atoms with Gasteiger partial charge in [0, 0.05) is 18.8 Å². The second-order valence-electron chi connectivity index (χ2n) is 6.34. The first kappa shape index (κ1) is 15.3. The van der Waals surface area contributed by atoms with Gasteiger partial charge < -0.3 is 0 Å². The Labute approximate surface area is 141 Å². The molecule has 0 bridgehead atoms. The fourth-order valence-corrected chi connectivity index (χ4v) is 3.12. The molecular formula is C17H14FN5O2. The molecule has 7 nitrogen and oxygen atoms in total. The molecule has 0 atom stereocenters. The molecule has 0 unspecified atom stereocenters. The van der Waals surface area contributed by atoms with Crippen LogP contribution in [-0.2, 0) is 19.1 Å². The van der Waals surface area contributed by atoms with E-state index in [1.54, 1.807) is 24.1 Å². The summed E-state index contributed by atoms with van der Waals surface area (Å²) in [5, 5.41) is 13.8. The molecule has 2 aromatic heterocycles. The van der Waals surface area contributed by atoms with Crippen molar-refractivity contribution in [3.8, 4) is 6.07 Å². The minimum absolute atomic E-state index is 0.0420. The van der Waals surface area contributed by atoms with Crippen LogP contribution in [0.15, 0.2) is 40.2 Å². The van der Waals surface area contributed by atoms with Crippen molar-refractivity contribution < 1.29 is 4.39 Å². The number of benzene rings is 1. The van der Waals surface area contributed by atoms with E-state index < -0.39 is 22.6 Å². The maximum absolute atomic E-state index is 13.7. The summed E-state index contributed by atoms with van der Waals surface area (Å²) in [6.45, 7) is 0.0420. The van der Waals surface area contributed by atoms with Crippen LogP contribution < -0.4 is 11.2 Å². The van der Waals surface area contributed by atoms with Crippen molar-refractivity contribution in [3.05, 3.63) is 62.8 Å². The van der Waals surface area contributed by atoms with E-state index in [0.717, 1.165) is 10.6 Å². The van der Waals surface area contributed by atoms with Crippen LogP contribution in [0.2, 0.25) is 0 Å². The third-order valence-corrected chi connectivity index (χ3v) is 4.56. The number of nitriles is 1. The number of rotatable bonds is 3. The van der Waals surface area contributed by atoms with Crippen molar-refractivity contribution >= 4 is 10.9 Å². The van der Waals surface area contributed by atoms with E-state index >= 15 is 0 Å². The van der Waals surface area contributed by atoms with Crippen molar-refractivity contribution in [1.82, 2.24) is 18.9 Å². The molecule has 2 heterocycles. The van der Waals surface area contributed by atoms with Gasteiger partial charge in [0.05, 0.1) is 29.7 Å². The van der Waals surface area contributed by atoms with E-state index in [0.29, 0.717) is 18.4 Å². The molecule has 0 amide bonds. The smallest absolute Gasteiger partial charge is 0.275 e. The molecule has 3 aromatic rings. The molecule has 126 valence electrons. The molecule has 0 spiro atoms. The quantitative estimate of drug-likeness (QED) is 0.715. The lowest BCUT2D eigenvalue weighted by atomic mass is 10.2. The van der Waals surface area contributed by atoms with Crippen LogP contribution in [-0.4, -0.2) is 18.9 Å². The molecule has 1 saturated carbocycles. The minimum atomic E-state index is -1.01. The zero-order valence-electron chi connectivity index (χ0n) is 13.4. The Kier molecular flexibility index (Phi) is 3.15. The molecule has 1 aliphatic rings. The normalized spacial score (nSPS) is 15.2. The van der Waals surface area contributed by atoms with Crippen molar-refractivity contribution in [1.29, 1.82) is 5.26 Å². The molecule has 0 aliphatic heterocycles. The molecule has 0 N–H and O–H groups in total. The molecular weight excluding hydrogens is 325 g/mol. The fourth-order valence-electron chi connectivity index (χ4n) is 3.12. The second kappa shape index (κ2) is 5.14. The number of aromatic nitrogens is 4. The van der Waals surface area contributed by atoms with Crippen LogP contribution in [0.5, 0.6) is 0 Å². The maximum Gasteiger partial charge on any atom is 0.333 e. The molecule has 1 fully saturated rings. The van der Waals surface area contributed by atoms with Gasteiger partial charge in [0.1, 0.15) is 11.4 Å². The zero-order chi connectivity index (χ0) is 17.8. The number of halogens is 1. The highest BCUT2D eigenvalue weighted by molar-refractivity contribution is 5.78. The third kappa shape index (κ3) is 2.28. The lowest BCUT2D eigenvalue weighted by Crippen LogP contribution is -2.43. The van der Waals surface area contributed by atoms with Crippen LogP contribution in [0.4, 0.5) is 4.39 Å². The van der Waals surface area contributed by atoms with Gasteiger partial charge in [-0.15, -0.1) is 0 Å². The monoisotopic (exact) mass is 339 g/mol. The van der Waals surface area contributed by atoms with Crippen molar-refractivity contribution in [2.75, 3.05) is 0 Å². The van der Waals surface area contributed by atoms with E-state index in [9.17, 15) is 19.2 Å². The van der Waals surface area contributed by atoms with Gasteiger partial charge in [-0.1, -0.05) is 0 Å². The van der Waals surface area contributed by atoms with Gasteiger partial charge in [0.2, 0.25) is 0 Å². The fraction of sp³-hybridized carbons (Fsp3) is 0.294. The predicted octanol–water partition coefficient (Wildman–Crippen LogP) is 1.10. The SMILES string of the molecule is Cn1cc(Cn2c(=O)c3ccc(F)cc3n(C3(C#N)CC3)c2=O)cn1. The molecule has 0 radical (unpaired) electrons. The Hall–Kier alpha value is -3.21. The number of fused-ring (bicyclic) bond motifs is 1. The number of nitrogens with zero attached hydrogens (tertiary/aromatic N) is 5. The highest BCUT2D eigenvalue weighted by Gasteiger charge is 2.47. The van der Waals surface area contributed by atoms with Gasteiger partial charge in [-0.25, -0.2) is 9.18 Å². The molecule has 8 heteroatoms. The number of hydrogen-bond donors (Lipinski definition) is 0. The zero-order valence-corrected chi connectivity index (χ0v) is 13.4. The summed E-state index contributed by atoms with van der Waals surface area (Å²) < 4.78 is 17.6. The average Bonchev–Trinajstić information content (AvgIpc) is 3.26. The summed E-state index contributed by atoms with van der Waals surface area (Å²) in [5.74, 6) is -0.557. The van der Waals surface area contributed by atoms with Crippen LogP contribution in [0.3, 0.4) is 0 Å². The van der Waals surface area contributed by atoms with Crippen LogP contribution in [0, 0.1) is 17.1 Å². The van der Waals surface area contributed by atoms with E-state index in [1.165, 1.54) is 16.7 Å². The van der Waals surface area contributed by atoms with Crippen molar-refractivity contribution in [3.63, 3.8) is 0 Å². The highest BCUT2D eigenvalue weighted by Crippen LogP contribution is 2.43. The van der Waals surface area contributed by atoms with Gasteiger partial charge >= 0.3 is 5.69 Å².